The minimum absolute atomic E-state index is 0.141. The highest BCUT2D eigenvalue weighted by molar-refractivity contribution is 6.05. The van der Waals surface area contributed by atoms with Crippen LogP contribution >= 0.6 is 0 Å². The Morgan fingerprint density at radius 1 is 1.18 bits per heavy atom. The molecule has 1 atom stereocenters. The van der Waals surface area contributed by atoms with Gasteiger partial charge in [-0.25, -0.2) is 9.98 Å². The summed E-state index contributed by atoms with van der Waals surface area (Å²) in [5, 5.41) is 2.92. The second-order valence-corrected chi connectivity index (χ2v) is 8.92. The second kappa shape index (κ2) is 7.48. The van der Waals surface area contributed by atoms with E-state index in [0.717, 1.165) is 5.56 Å². The van der Waals surface area contributed by atoms with Crippen LogP contribution in [0.4, 0.5) is 5.69 Å². The van der Waals surface area contributed by atoms with Gasteiger partial charge in [-0.1, -0.05) is 12.2 Å². The first-order chi connectivity index (χ1) is 15.8. The number of methoxy groups -OCH3 is 1. The van der Waals surface area contributed by atoms with Gasteiger partial charge in [0.1, 0.15) is 35.0 Å². The van der Waals surface area contributed by atoms with Gasteiger partial charge in [-0.2, -0.15) is 0 Å². The average molecular weight is 450 g/mol. The van der Waals surface area contributed by atoms with Crippen molar-refractivity contribution in [3.8, 4) is 5.75 Å². The van der Waals surface area contributed by atoms with E-state index in [1.54, 1.807) is 37.5 Å². The van der Waals surface area contributed by atoms with Gasteiger partial charge < -0.3 is 30.0 Å². The lowest BCUT2D eigenvalue weighted by Gasteiger charge is -2.61. The quantitative estimate of drug-likeness (QED) is 0.731. The molecule has 1 aromatic carbocycles. The third-order valence-electron chi connectivity index (χ3n) is 6.84. The first-order valence-electron chi connectivity index (χ1n) is 10.7. The molecule has 2 spiro atoms. The lowest BCUT2D eigenvalue weighted by molar-refractivity contribution is -0.247. The van der Waals surface area contributed by atoms with Crippen LogP contribution in [0, 0.1) is 5.41 Å². The monoisotopic (exact) mass is 450 g/mol. The van der Waals surface area contributed by atoms with Crippen LogP contribution in [0.1, 0.15) is 19.4 Å². The number of rotatable bonds is 3. The van der Waals surface area contributed by atoms with Crippen LogP contribution in [0.5, 0.6) is 5.75 Å². The Hall–Kier alpha value is -3.59. The van der Waals surface area contributed by atoms with Gasteiger partial charge in [-0.3, -0.25) is 4.79 Å². The lowest BCUT2D eigenvalue weighted by Crippen LogP contribution is -2.71. The Balaban J connectivity index is 1.50. The van der Waals surface area contributed by atoms with Gasteiger partial charge in [0.05, 0.1) is 32.0 Å². The van der Waals surface area contributed by atoms with Crippen LogP contribution in [0.15, 0.2) is 63.9 Å². The molecule has 1 fully saturated rings. The molecule has 33 heavy (non-hydrogen) atoms. The van der Waals surface area contributed by atoms with E-state index < -0.39 is 16.6 Å². The highest BCUT2D eigenvalue weighted by Crippen LogP contribution is 2.62. The maximum Gasteiger partial charge on any atom is 0.283 e. The number of nitrogens with zero attached hydrogens (tertiary/aromatic N) is 2. The maximum atomic E-state index is 12.9. The molecule has 9 heteroatoms. The Labute approximate surface area is 191 Å². The summed E-state index contributed by atoms with van der Waals surface area (Å²) >= 11 is 0. The fraction of sp³-hybridized carbons (Fsp3) is 0.375. The van der Waals surface area contributed by atoms with Crippen LogP contribution in [-0.4, -0.2) is 50.7 Å². The van der Waals surface area contributed by atoms with Crippen molar-refractivity contribution in [2.24, 2.45) is 21.1 Å². The SMILES string of the molecule is COC1=C/C=C/C=C(/C(=O)Nc2ccc3c(c2)[C@]2(COC(N)=N2)C2(COC2)C(C)(C)O3)N=C1. The van der Waals surface area contributed by atoms with Gasteiger partial charge >= 0.3 is 0 Å². The number of amidine groups is 1. The molecule has 0 aliphatic carbocycles. The Morgan fingerprint density at radius 2 is 1.97 bits per heavy atom. The molecular weight excluding hydrogens is 424 g/mol. The van der Waals surface area contributed by atoms with Crippen molar-refractivity contribution >= 4 is 23.8 Å². The summed E-state index contributed by atoms with van der Waals surface area (Å²) in [5.74, 6) is 0.870. The van der Waals surface area contributed by atoms with Crippen molar-refractivity contribution in [2.45, 2.75) is 25.0 Å². The fourth-order valence-corrected chi connectivity index (χ4v) is 4.82. The van der Waals surface area contributed by atoms with Crippen LogP contribution in [0.25, 0.3) is 0 Å². The number of nitrogens with one attached hydrogen (secondary N) is 1. The molecule has 0 unspecified atom stereocenters. The van der Waals surface area contributed by atoms with Crippen LogP contribution in [0.2, 0.25) is 0 Å². The van der Waals surface area contributed by atoms with E-state index in [4.69, 9.17) is 29.7 Å². The molecule has 3 N–H and O–H groups in total. The third kappa shape index (κ3) is 3.14. The Bertz CT molecular complexity index is 1160. The second-order valence-electron chi connectivity index (χ2n) is 8.92. The van der Waals surface area contributed by atoms with E-state index in [-0.39, 0.29) is 24.2 Å². The summed E-state index contributed by atoms with van der Waals surface area (Å²) in [6.45, 7) is 5.30. The number of ether oxygens (including phenoxy) is 4. The number of hydrogen-bond donors (Lipinski definition) is 2. The zero-order valence-electron chi connectivity index (χ0n) is 18.8. The number of allylic oxidation sites excluding steroid dienone is 5. The number of nitrogens with two attached hydrogens (primary N) is 1. The van der Waals surface area contributed by atoms with Crippen molar-refractivity contribution in [3.63, 3.8) is 0 Å². The molecule has 0 aromatic heterocycles. The normalized spacial score (nSPS) is 28.5. The minimum Gasteiger partial charge on any atom is -0.495 e. The minimum atomic E-state index is -0.772. The number of aliphatic imine (C=N–C) groups is 2. The molecule has 1 saturated heterocycles. The predicted octanol–water partition coefficient (Wildman–Crippen LogP) is 2.41. The van der Waals surface area contributed by atoms with Gasteiger partial charge in [0, 0.05) is 11.3 Å². The van der Waals surface area contributed by atoms with Crippen LogP contribution < -0.4 is 15.8 Å². The molecular formula is C24H26N4O5. The van der Waals surface area contributed by atoms with Crippen molar-refractivity contribution < 1.29 is 23.7 Å². The van der Waals surface area contributed by atoms with Crippen molar-refractivity contribution in [1.29, 1.82) is 0 Å². The number of carbonyl (C=O) groups excluding carboxylic acids is 1. The van der Waals surface area contributed by atoms with Crippen LogP contribution in [-0.2, 0) is 24.5 Å². The molecule has 4 heterocycles. The summed E-state index contributed by atoms with van der Waals surface area (Å²) in [6, 6.07) is 5.65. The predicted molar refractivity (Wildman–Crippen MR) is 123 cm³/mol. The molecule has 172 valence electrons. The summed E-state index contributed by atoms with van der Waals surface area (Å²) < 4.78 is 22.9. The Kier molecular flexibility index (Phi) is 4.82. The molecule has 5 rings (SSSR count). The lowest BCUT2D eigenvalue weighted by atomic mass is 9.55. The van der Waals surface area contributed by atoms with Gasteiger partial charge in [0.15, 0.2) is 0 Å². The molecule has 0 radical (unpaired) electrons. The molecule has 1 amide bonds. The van der Waals surface area contributed by atoms with E-state index in [9.17, 15) is 4.79 Å². The standard InChI is InChI=1S/C24H26N4O5/c1-22(2)23(12-31-13-23)24(14-32-21(25)28-24)17-10-15(8-9-19(17)33-22)27-20(29)18-7-5-4-6-16(30-3)11-26-18/h4-11H,12-14H2,1-3H3,(H2,25,28)(H,27,29)/b5-4+,6-4?,7-5?,16-6?,16-11?,18-7-,26-11?,26-18?/t24-/m1/s1. The van der Waals surface area contributed by atoms with Gasteiger partial charge in [0.25, 0.3) is 11.9 Å². The van der Waals surface area contributed by atoms with Crippen molar-refractivity contribution in [1.82, 2.24) is 0 Å². The van der Waals surface area contributed by atoms with Crippen LogP contribution in [0.3, 0.4) is 0 Å². The summed E-state index contributed by atoms with van der Waals surface area (Å²) in [4.78, 5) is 22.0. The summed E-state index contributed by atoms with van der Waals surface area (Å²) in [5.41, 5.74) is 5.84. The molecule has 0 saturated carbocycles. The van der Waals surface area contributed by atoms with E-state index in [1.165, 1.54) is 6.21 Å². The topological polar surface area (TPSA) is 117 Å². The number of hydrogen-bond acceptors (Lipinski definition) is 8. The van der Waals surface area contributed by atoms with E-state index >= 15 is 0 Å². The van der Waals surface area contributed by atoms with Gasteiger partial charge in [-0.15, -0.1) is 0 Å². The average Bonchev–Trinajstić information content (AvgIpc) is 3.09. The molecule has 4 aliphatic rings. The van der Waals surface area contributed by atoms with E-state index in [0.29, 0.717) is 30.4 Å². The van der Waals surface area contributed by atoms with E-state index in [1.807, 2.05) is 26.0 Å². The first kappa shape index (κ1) is 21.3. The fourth-order valence-electron chi connectivity index (χ4n) is 4.82. The zero-order chi connectivity index (χ0) is 23.3. The highest BCUT2D eigenvalue weighted by atomic mass is 16.5. The smallest absolute Gasteiger partial charge is 0.283 e. The number of carbonyl (C=O) groups is 1. The molecule has 4 aliphatic heterocycles. The van der Waals surface area contributed by atoms with Crippen molar-refractivity contribution in [2.75, 3.05) is 32.2 Å². The molecule has 1 aromatic rings. The third-order valence-corrected chi connectivity index (χ3v) is 6.84. The van der Waals surface area contributed by atoms with Gasteiger partial charge in [0.2, 0.25) is 0 Å². The Morgan fingerprint density at radius 3 is 2.64 bits per heavy atom. The molecule has 0 bridgehead atoms. The van der Waals surface area contributed by atoms with Gasteiger partial charge in [-0.05, 0) is 44.2 Å². The number of benzene rings is 1. The summed E-state index contributed by atoms with van der Waals surface area (Å²) in [7, 11) is 1.55. The number of anilines is 1. The first-order valence-corrected chi connectivity index (χ1v) is 10.7. The number of fused-ring (bicyclic) bond motifs is 3. The summed E-state index contributed by atoms with van der Waals surface area (Å²) in [6.07, 6.45) is 8.41. The maximum absolute atomic E-state index is 12.9. The van der Waals surface area contributed by atoms with Crippen molar-refractivity contribution in [3.05, 3.63) is 59.5 Å². The largest absolute Gasteiger partial charge is 0.495 e. The highest BCUT2D eigenvalue weighted by Gasteiger charge is 2.71. The molecule has 9 nitrogen and oxygen atoms in total. The van der Waals surface area contributed by atoms with E-state index in [2.05, 4.69) is 10.3 Å². The number of amides is 1. The zero-order valence-corrected chi connectivity index (χ0v) is 18.8.